The maximum Gasteiger partial charge on any atom is 0.222 e. The predicted molar refractivity (Wildman–Crippen MR) is 100 cm³/mol. The summed E-state index contributed by atoms with van der Waals surface area (Å²) in [5.41, 5.74) is 2.80. The van der Waals surface area contributed by atoms with Crippen molar-refractivity contribution in [2.24, 2.45) is 5.41 Å². The maximum absolute atomic E-state index is 12.0. The molecule has 0 unspecified atom stereocenters. The van der Waals surface area contributed by atoms with Crippen LogP contribution in [0.2, 0.25) is 0 Å². The highest BCUT2D eigenvalue weighted by Gasteiger charge is 2.40. The summed E-state index contributed by atoms with van der Waals surface area (Å²) in [4.78, 5) is 21.0. The van der Waals surface area contributed by atoms with E-state index in [2.05, 4.69) is 46.0 Å². The molecule has 25 heavy (non-hydrogen) atoms. The minimum Gasteiger partial charge on any atom is -0.342 e. The molecule has 2 aromatic rings. The van der Waals surface area contributed by atoms with Gasteiger partial charge in [-0.3, -0.25) is 14.7 Å². The van der Waals surface area contributed by atoms with E-state index in [0.29, 0.717) is 11.3 Å². The van der Waals surface area contributed by atoms with Gasteiger partial charge in [0.25, 0.3) is 0 Å². The van der Waals surface area contributed by atoms with Crippen molar-refractivity contribution in [1.29, 1.82) is 0 Å². The van der Waals surface area contributed by atoms with Crippen molar-refractivity contribution < 1.29 is 4.79 Å². The number of likely N-dealkylation sites (tertiary alicyclic amines) is 2. The Morgan fingerprint density at radius 3 is 2.80 bits per heavy atom. The summed E-state index contributed by atoms with van der Waals surface area (Å²) in [6.07, 6.45) is 6.10. The van der Waals surface area contributed by atoms with Gasteiger partial charge in [-0.1, -0.05) is 12.1 Å². The van der Waals surface area contributed by atoms with Gasteiger partial charge in [0, 0.05) is 37.6 Å². The molecule has 4 nitrogen and oxygen atoms in total. The first-order valence-electron chi connectivity index (χ1n) is 9.51. The second-order valence-corrected chi connectivity index (χ2v) is 7.71. The first-order valence-corrected chi connectivity index (χ1v) is 9.51. The summed E-state index contributed by atoms with van der Waals surface area (Å²) in [6, 6.07) is 10.7. The number of carbonyl (C=O) groups excluding carboxylic acids is 1. The van der Waals surface area contributed by atoms with Crippen LogP contribution in [0.4, 0.5) is 0 Å². The van der Waals surface area contributed by atoms with Gasteiger partial charge in [0.1, 0.15) is 0 Å². The minimum atomic E-state index is 0.348. The molecular weight excluding hydrogens is 310 g/mol. The minimum absolute atomic E-state index is 0.348. The topological polar surface area (TPSA) is 36.4 Å². The lowest BCUT2D eigenvalue weighted by atomic mass is 9.72. The Hall–Kier alpha value is -1.94. The van der Waals surface area contributed by atoms with Crippen LogP contribution in [0.15, 0.2) is 36.5 Å². The molecule has 4 rings (SSSR count). The van der Waals surface area contributed by atoms with Crippen molar-refractivity contribution in [2.45, 2.75) is 39.2 Å². The number of hydrogen-bond acceptors (Lipinski definition) is 3. The normalized spacial score (nSPS) is 21.2. The zero-order valence-corrected chi connectivity index (χ0v) is 15.1. The van der Waals surface area contributed by atoms with E-state index in [9.17, 15) is 4.79 Å². The summed E-state index contributed by atoms with van der Waals surface area (Å²) >= 11 is 0. The van der Waals surface area contributed by atoms with Crippen molar-refractivity contribution in [1.82, 2.24) is 14.8 Å². The van der Waals surface area contributed by atoms with Gasteiger partial charge in [-0.2, -0.15) is 0 Å². The van der Waals surface area contributed by atoms with Crippen LogP contribution >= 0.6 is 0 Å². The smallest absolute Gasteiger partial charge is 0.222 e. The van der Waals surface area contributed by atoms with Crippen LogP contribution in [0.5, 0.6) is 0 Å². The van der Waals surface area contributed by atoms with E-state index in [1.165, 1.54) is 23.8 Å². The number of nitrogens with zero attached hydrogens (tertiary/aromatic N) is 3. The molecule has 1 aromatic carbocycles. The Morgan fingerprint density at radius 2 is 2.00 bits per heavy atom. The molecule has 2 aliphatic rings. The zero-order chi connectivity index (χ0) is 17.3. The number of benzene rings is 1. The number of pyridine rings is 1. The van der Waals surface area contributed by atoms with Crippen molar-refractivity contribution in [3.8, 4) is 0 Å². The summed E-state index contributed by atoms with van der Waals surface area (Å²) in [5.74, 6) is 0.348. The largest absolute Gasteiger partial charge is 0.342 e. The van der Waals surface area contributed by atoms with E-state index >= 15 is 0 Å². The van der Waals surface area contributed by atoms with Gasteiger partial charge in [-0.25, -0.2) is 0 Å². The Kier molecular flexibility index (Phi) is 4.46. The number of amides is 1. The highest BCUT2D eigenvalue weighted by Crippen LogP contribution is 2.40. The molecule has 0 atom stereocenters. The van der Waals surface area contributed by atoms with E-state index < -0.39 is 0 Å². The quantitative estimate of drug-likeness (QED) is 0.860. The molecule has 0 saturated carbocycles. The van der Waals surface area contributed by atoms with Gasteiger partial charge in [0.2, 0.25) is 5.91 Å². The first-order chi connectivity index (χ1) is 12.2. The van der Waals surface area contributed by atoms with E-state index in [0.717, 1.165) is 51.1 Å². The van der Waals surface area contributed by atoms with Crippen LogP contribution in [0, 0.1) is 5.41 Å². The molecular formula is C21H27N3O. The molecule has 1 spiro atoms. The monoisotopic (exact) mass is 337 g/mol. The molecule has 4 heteroatoms. The van der Waals surface area contributed by atoms with Gasteiger partial charge < -0.3 is 4.90 Å². The molecule has 0 radical (unpaired) electrons. The third kappa shape index (κ3) is 3.40. The van der Waals surface area contributed by atoms with Crippen molar-refractivity contribution >= 4 is 16.8 Å². The fraction of sp³-hybridized carbons (Fsp3) is 0.524. The van der Waals surface area contributed by atoms with Crippen molar-refractivity contribution in [3.63, 3.8) is 0 Å². The average molecular weight is 337 g/mol. The van der Waals surface area contributed by atoms with E-state index in [1.54, 1.807) is 0 Å². The molecule has 2 aliphatic heterocycles. The number of piperidine rings is 2. The van der Waals surface area contributed by atoms with E-state index in [-0.39, 0.29) is 0 Å². The third-order valence-electron chi connectivity index (χ3n) is 6.12. The third-order valence-corrected chi connectivity index (χ3v) is 6.12. The van der Waals surface area contributed by atoms with Crippen LogP contribution in [0.1, 0.15) is 38.2 Å². The highest BCUT2D eigenvalue weighted by atomic mass is 16.2. The number of aromatic nitrogens is 1. The van der Waals surface area contributed by atoms with Crippen LogP contribution in [-0.2, 0) is 11.3 Å². The SMILES string of the molecule is CCN1CC2(CCC1=O)CCN(Cc1ccc3ncccc3c1)CC2. The Morgan fingerprint density at radius 1 is 1.16 bits per heavy atom. The van der Waals surface area contributed by atoms with Gasteiger partial charge >= 0.3 is 0 Å². The van der Waals surface area contributed by atoms with Crippen LogP contribution < -0.4 is 0 Å². The lowest BCUT2D eigenvalue weighted by molar-refractivity contribution is -0.138. The Labute approximate surface area is 149 Å². The van der Waals surface area contributed by atoms with Crippen LogP contribution in [0.3, 0.4) is 0 Å². The molecule has 1 amide bonds. The van der Waals surface area contributed by atoms with Crippen LogP contribution in [0.25, 0.3) is 10.9 Å². The lowest BCUT2D eigenvalue weighted by Gasteiger charge is -2.47. The standard InChI is InChI=1S/C21H27N3O/c1-2-24-16-21(8-7-20(24)25)9-12-23(13-10-21)15-17-5-6-19-18(14-17)4-3-11-22-19/h3-6,11,14H,2,7-10,12-13,15-16H2,1H3. The Bertz CT molecular complexity index is 765. The van der Waals surface area contributed by atoms with Crippen molar-refractivity contribution in [3.05, 3.63) is 42.1 Å². The van der Waals surface area contributed by atoms with E-state index in [4.69, 9.17) is 0 Å². The molecule has 0 aliphatic carbocycles. The number of carbonyl (C=O) groups is 1. The maximum atomic E-state index is 12.0. The number of fused-ring (bicyclic) bond motifs is 1. The van der Waals surface area contributed by atoms with Gasteiger partial charge in [-0.15, -0.1) is 0 Å². The van der Waals surface area contributed by atoms with Gasteiger partial charge in [0.15, 0.2) is 0 Å². The van der Waals surface area contributed by atoms with Gasteiger partial charge in [0.05, 0.1) is 5.52 Å². The summed E-state index contributed by atoms with van der Waals surface area (Å²) in [5, 5.41) is 1.22. The van der Waals surface area contributed by atoms with E-state index in [1.807, 2.05) is 12.3 Å². The summed E-state index contributed by atoms with van der Waals surface area (Å²) in [7, 11) is 0. The Balaban J connectivity index is 1.39. The number of rotatable bonds is 3. The molecule has 132 valence electrons. The average Bonchev–Trinajstić information content (AvgIpc) is 2.66. The number of hydrogen-bond donors (Lipinski definition) is 0. The fourth-order valence-electron chi connectivity index (χ4n) is 4.47. The molecule has 1 aromatic heterocycles. The fourth-order valence-corrected chi connectivity index (χ4v) is 4.47. The summed E-state index contributed by atoms with van der Waals surface area (Å²) in [6.45, 7) is 7.21. The van der Waals surface area contributed by atoms with Crippen molar-refractivity contribution in [2.75, 3.05) is 26.2 Å². The lowest BCUT2D eigenvalue weighted by Crippen LogP contribution is -2.51. The summed E-state index contributed by atoms with van der Waals surface area (Å²) < 4.78 is 0. The molecule has 0 N–H and O–H groups in total. The second kappa shape index (κ2) is 6.75. The molecule has 2 saturated heterocycles. The first kappa shape index (κ1) is 16.5. The highest BCUT2D eigenvalue weighted by molar-refractivity contribution is 5.79. The second-order valence-electron chi connectivity index (χ2n) is 7.71. The predicted octanol–water partition coefficient (Wildman–Crippen LogP) is 3.46. The zero-order valence-electron chi connectivity index (χ0n) is 15.1. The molecule has 3 heterocycles. The van der Waals surface area contributed by atoms with Crippen LogP contribution in [-0.4, -0.2) is 46.9 Å². The molecule has 2 fully saturated rings. The molecule has 0 bridgehead atoms. The van der Waals surface area contributed by atoms with Gasteiger partial charge in [-0.05, 0) is 68.5 Å².